The van der Waals surface area contributed by atoms with Crippen molar-refractivity contribution in [2.75, 3.05) is 31.6 Å². The van der Waals surface area contributed by atoms with Crippen LogP contribution in [0.5, 0.6) is 0 Å². The maximum Gasteiger partial charge on any atom is 0.341 e. The van der Waals surface area contributed by atoms with Crippen LogP contribution in [0.3, 0.4) is 0 Å². The number of nitrogens with zero attached hydrogens (tertiary/aromatic N) is 1. The van der Waals surface area contributed by atoms with Gasteiger partial charge in [-0.2, -0.15) is 0 Å². The van der Waals surface area contributed by atoms with Crippen LogP contribution in [0.2, 0.25) is 0 Å². The van der Waals surface area contributed by atoms with E-state index in [1.54, 1.807) is 11.8 Å². The summed E-state index contributed by atoms with van der Waals surface area (Å²) in [5.41, 5.74) is 1.22. The van der Waals surface area contributed by atoms with Gasteiger partial charge in [0.25, 0.3) is 0 Å². The van der Waals surface area contributed by atoms with Gasteiger partial charge in [-0.05, 0) is 46.7 Å². The Kier molecular flexibility index (Phi) is 8.74. The van der Waals surface area contributed by atoms with Crippen molar-refractivity contribution in [2.24, 2.45) is 0 Å². The maximum atomic E-state index is 12.4. The molecule has 2 amide bonds. The monoisotopic (exact) mass is 383 g/mol. The number of rotatable bonds is 9. The standard InChI is InChI=1S/C18H29N3O4S/c1-7-21(9-14(22)19-11(3)4)10-15(23)20-17-16(18(24)25-8-2)12(5)13(6)26-17/h11H,7-10H2,1-6H3,(H,19,22)(H,20,23). The molecule has 7 nitrogen and oxygen atoms in total. The molecule has 0 saturated heterocycles. The van der Waals surface area contributed by atoms with E-state index in [1.165, 1.54) is 11.3 Å². The SMILES string of the molecule is CCOC(=O)c1c(NC(=O)CN(CC)CC(=O)NC(C)C)sc(C)c1C. The van der Waals surface area contributed by atoms with Crippen molar-refractivity contribution in [1.82, 2.24) is 10.2 Å². The smallest absolute Gasteiger partial charge is 0.341 e. The Hall–Kier alpha value is -1.93. The predicted molar refractivity (Wildman–Crippen MR) is 104 cm³/mol. The summed E-state index contributed by atoms with van der Waals surface area (Å²) in [5, 5.41) is 6.10. The molecule has 0 atom stereocenters. The van der Waals surface area contributed by atoms with Gasteiger partial charge in [0.15, 0.2) is 0 Å². The maximum absolute atomic E-state index is 12.4. The molecule has 1 aromatic heterocycles. The molecule has 0 aromatic carbocycles. The number of hydrogen-bond donors (Lipinski definition) is 2. The van der Waals surface area contributed by atoms with Crippen LogP contribution in [0.15, 0.2) is 0 Å². The number of carbonyl (C=O) groups excluding carboxylic acids is 3. The Morgan fingerprint density at radius 3 is 2.27 bits per heavy atom. The minimum atomic E-state index is -0.437. The van der Waals surface area contributed by atoms with E-state index in [0.29, 0.717) is 17.1 Å². The average molecular weight is 384 g/mol. The van der Waals surface area contributed by atoms with Crippen LogP contribution in [-0.2, 0) is 14.3 Å². The lowest BCUT2D eigenvalue weighted by molar-refractivity contribution is -0.123. The van der Waals surface area contributed by atoms with Gasteiger partial charge < -0.3 is 15.4 Å². The fourth-order valence-electron chi connectivity index (χ4n) is 2.38. The molecule has 0 aliphatic carbocycles. The number of hydrogen-bond acceptors (Lipinski definition) is 6. The van der Waals surface area contributed by atoms with Crippen molar-refractivity contribution in [3.8, 4) is 0 Å². The van der Waals surface area contributed by atoms with E-state index in [9.17, 15) is 14.4 Å². The van der Waals surface area contributed by atoms with E-state index >= 15 is 0 Å². The van der Waals surface area contributed by atoms with E-state index in [-0.39, 0.29) is 37.6 Å². The highest BCUT2D eigenvalue weighted by atomic mass is 32.1. The number of esters is 1. The third-order valence-electron chi connectivity index (χ3n) is 3.75. The molecule has 26 heavy (non-hydrogen) atoms. The van der Waals surface area contributed by atoms with Gasteiger partial charge in [0.1, 0.15) is 5.00 Å². The first-order chi connectivity index (χ1) is 12.2. The van der Waals surface area contributed by atoms with Crippen molar-refractivity contribution in [3.63, 3.8) is 0 Å². The Labute approximate surface area is 159 Å². The number of carbonyl (C=O) groups is 3. The molecule has 1 heterocycles. The lowest BCUT2D eigenvalue weighted by Crippen LogP contribution is -2.42. The number of likely N-dealkylation sites (N-methyl/N-ethyl adjacent to an activating group) is 1. The van der Waals surface area contributed by atoms with E-state index in [0.717, 1.165) is 10.4 Å². The molecule has 0 fully saturated rings. The van der Waals surface area contributed by atoms with Crippen LogP contribution in [0.1, 0.15) is 48.5 Å². The lowest BCUT2D eigenvalue weighted by atomic mass is 10.1. The first-order valence-corrected chi connectivity index (χ1v) is 9.59. The van der Waals surface area contributed by atoms with Crippen molar-refractivity contribution in [3.05, 3.63) is 16.0 Å². The molecular weight excluding hydrogens is 354 g/mol. The zero-order valence-electron chi connectivity index (χ0n) is 16.4. The second-order valence-electron chi connectivity index (χ2n) is 6.28. The van der Waals surface area contributed by atoms with Gasteiger partial charge in [0.2, 0.25) is 11.8 Å². The van der Waals surface area contributed by atoms with E-state index in [1.807, 2.05) is 34.6 Å². The molecule has 1 rings (SSSR count). The second-order valence-corrected chi connectivity index (χ2v) is 7.51. The summed E-state index contributed by atoms with van der Waals surface area (Å²) in [6.07, 6.45) is 0. The zero-order chi connectivity index (χ0) is 19.9. The third kappa shape index (κ3) is 6.42. The number of anilines is 1. The molecule has 0 spiro atoms. The molecule has 0 unspecified atom stereocenters. The van der Waals surface area contributed by atoms with E-state index in [2.05, 4.69) is 10.6 Å². The molecule has 0 radical (unpaired) electrons. The highest BCUT2D eigenvalue weighted by Crippen LogP contribution is 2.33. The summed E-state index contributed by atoms with van der Waals surface area (Å²) >= 11 is 1.35. The van der Waals surface area contributed by atoms with Crippen LogP contribution in [0.4, 0.5) is 5.00 Å². The molecule has 0 aliphatic heterocycles. The zero-order valence-corrected chi connectivity index (χ0v) is 17.2. The lowest BCUT2D eigenvalue weighted by Gasteiger charge is -2.20. The van der Waals surface area contributed by atoms with Crippen LogP contribution in [0.25, 0.3) is 0 Å². The summed E-state index contributed by atoms with van der Waals surface area (Å²) in [5.74, 6) is -0.825. The molecule has 146 valence electrons. The molecular formula is C18H29N3O4S. The number of thiophene rings is 1. The fraction of sp³-hybridized carbons (Fsp3) is 0.611. The second kappa shape index (κ2) is 10.3. The molecule has 0 bridgehead atoms. The highest BCUT2D eigenvalue weighted by Gasteiger charge is 2.23. The number of amides is 2. The third-order valence-corrected chi connectivity index (χ3v) is 4.87. The fourth-order valence-corrected chi connectivity index (χ4v) is 3.45. The minimum Gasteiger partial charge on any atom is -0.462 e. The van der Waals surface area contributed by atoms with Gasteiger partial charge in [-0.3, -0.25) is 14.5 Å². The summed E-state index contributed by atoms with van der Waals surface area (Å²) < 4.78 is 5.09. The number of aryl methyl sites for hydroxylation is 1. The Morgan fingerprint density at radius 2 is 1.73 bits per heavy atom. The Morgan fingerprint density at radius 1 is 1.12 bits per heavy atom. The van der Waals surface area contributed by atoms with Crippen LogP contribution >= 0.6 is 11.3 Å². The molecule has 2 N–H and O–H groups in total. The summed E-state index contributed by atoms with van der Waals surface area (Å²) in [6.45, 7) is 12.2. The Balaban J connectivity index is 2.79. The predicted octanol–water partition coefficient (Wildman–Crippen LogP) is 2.33. The topological polar surface area (TPSA) is 87.7 Å². The summed E-state index contributed by atoms with van der Waals surface area (Å²) in [4.78, 5) is 39.2. The van der Waals surface area contributed by atoms with Gasteiger partial charge in [-0.15, -0.1) is 11.3 Å². The molecule has 8 heteroatoms. The minimum absolute atomic E-state index is 0.0549. The normalized spacial score (nSPS) is 10.9. The molecule has 0 saturated carbocycles. The quantitative estimate of drug-likeness (QED) is 0.639. The van der Waals surface area contributed by atoms with Crippen LogP contribution in [-0.4, -0.2) is 55.0 Å². The molecule has 1 aromatic rings. The van der Waals surface area contributed by atoms with Crippen molar-refractivity contribution in [1.29, 1.82) is 0 Å². The number of ether oxygens (including phenoxy) is 1. The van der Waals surface area contributed by atoms with Crippen LogP contribution < -0.4 is 10.6 Å². The van der Waals surface area contributed by atoms with Crippen molar-refractivity contribution in [2.45, 2.75) is 47.6 Å². The number of nitrogens with one attached hydrogen (secondary N) is 2. The summed E-state index contributed by atoms with van der Waals surface area (Å²) in [6, 6.07) is 0.0549. The molecule has 0 aliphatic rings. The average Bonchev–Trinajstić information content (AvgIpc) is 2.80. The van der Waals surface area contributed by atoms with Crippen molar-refractivity contribution >= 4 is 34.1 Å². The van der Waals surface area contributed by atoms with Crippen LogP contribution in [0, 0.1) is 13.8 Å². The first-order valence-electron chi connectivity index (χ1n) is 8.78. The first kappa shape index (κ1) is 22.1. The van der Waals surface area contributed by atoms with Gasteiger partial charge in [-0.25, -0.2) is 4.79 Å². The van der Waals surface area contributed by atoms with Gasteiger partial charge in [0.05, 0.1) is 25.3 Å². The van der Waals surface area contributed by atoms with E-state index in [4.69, 9.17) is 4.74 Å². The van der Waals surface area contributed by atoms with Gasteiger partial charge >= 0.3 is 5.97 Å². The van der Waals surface area contributed by atoms with Crippen molar-refractivity contribution < 1.29 is 19.1 Å². The van der Waals surface area contributed by atoms with Gasteiger partial charge in [0, 0.05) is 10.9 Å². The van der Waals surface area contributed by atoms with Gasteiger partial charge in [-0.1, -0.05) is 6.92 Å². The Bertz CT molecular complexity index is 655. The largest absolute Gasteiger partial charge is 0.462 e. The van der Waals surface area contributed by atoms with E-state index < -0.39 is 5.97 Å². The highest BCUT2D eigenvalue weighted by molar-refractivity contribution is 7.16. The summed E-state index contributed by atoms with van der Waals surface area (Å²) in [7, 11) is 0.